The van der Waals surface area contributed by atoms with Crippen molar-refractivity contribution < 1.29 is 4.74 Å². The molecule has 0 amide bonds. The van der Waals surface area contributed by atoms with Gasteiger partial charge in [-0.3, -0.25) is 0 Å². The first-order valence-corrected chi connectivity index (χ1v) is 6.11. The number of benzene rings is 1. The van der Waals surface area contributed by atoms with Crippen molar-refractivity contribution in [2.75, 3.05) is 6.61 Å². The van der Waals surface area contributed by atoms with Gasteiger partial charge in [-0.15, -0.1) is 0 Å². The first-order valence-electron chi connectivity index (χ1n) is 6.11. The van der Waals surface area contributed by atoms with Crippen molar-refractivity contribution in [3.05, 3.63) is 29.8 Å². The monoisotopic (exact) mass is 221 g/mol. The molecule has 1 rings (SSSR count). The van der Waals surface area contributed by atoms with Gasteiger partial charge < -0.3 is 10.5 Å². The smallest absolute Gasteiger partial charge is 0.119 e. The summed E-state index contributed by atoms with van der Waals surface area (Å²) in [7, 11) is 0. The van der Waals surface area contributed by atoms with Crippen LogP contribution in [-0.4, -0.2) is 6.61 Å². The van der Waals surface area contributed by atoms with Crippen LogP contribution in [0.5, 0.6) is 5.75 Å². The number of hydrogen-bond acceptors (Lipinski definition) is 2. The molecule has 16 heavy (non-hydrogen) atoms. The minimum absolute atomic E-state index is 0.151. The molecule has 0 heterocycles. The summed E-state index contributed by atoms with van der Waals surface area (Å²) in [6, 6.07) is 8.27. The largest absolute Gasteiger partial charge is 0.494 e. The summed E-state index contributed by atoms with van der Waals surface area (Å²) in [6.45, 7) is 7.15. The maximum atomic E-state index is 6.13. The van der Waals surface area contributed by atoms with Crippen molar-refractivity contribution in [3.8, 4) is 5.75 Å². The summed E-state index contributed by atoms with van der Waals surface area (Å²) in [6.07, 6.45) is 2.22. The third-order valence-corrected chi connectivity index (χ3v) is 2.67. The lowest BCUT2D eigenvalue weighted by atomic mass is 9.98. The lowest BCUT2D eigenvalue weighted by molar-refractivity contribution is 0.340. The third-order valence-electron chi connectivity index (χ3n) is 2.67. The molecule has 0 bridgehead atoms. The second-order valence-corrected chi connectivity index (χ2v) is 4.58. The molecule has 0 fully saturated rings. The Hall–Kier alpha value is -1.02. The Kier molecular flexibility index (Phi) is 5.33. The van der Waals surface area contributed by atoms with Crippen LogP contribution in [0.1, 0.15) is 45.2 Å². The average Bonchev–Trinajstić information content (AvgIpc) is 2.27. The molecular weight excluding hydrogens is 198 g/mol. The Labute approximate surface area is 98.8 Å². The molecule has 90 valence electrons. The van der Waals surface area contributed by atoms with E-state index < -0.39 is 0 Å². The van der Waals surface area contributed by atoms with Crippen LogP contribution in [0, 0.1) is 5.92 Å². The van der Waals surface area contributed by atoms with Crippen molar-refractivity contribution >= 4 is 0 Å². The molecule has 0 saturated heterocycles. The molecule has 2 N–H and O–H groups in total. The fourth-order valence-corrected chi connectivity index (χ4v) is 1.66. The Bertz CT molecular complexity index is 292. The zero-order chi connectivity index (χ0) is 12.0. The maximum absolute atomic E-state index is 6.13. The molecule has 0 radical (unpaired) electrons. The summed E-state index contributed by atoms with van der Waals surface area (Å²) in [5.74, 6) is 1.64. The van der Waals surface area contributed by atoms with Crippen LogP contribution in [-0.2, 0) is 0 Å². The van der Waals surface area contributed by atoms with Gasteiger partial charge in [0, 0.05) is 6.04 Å². The second-order valence-electron chi connectivity index (χ2n) is 4.58. The van der Waals surface area contributed by atoms with Crippen LogP contribution in [0.3, 0.4) is 0 Å². The van der Waals surface area contributed by atoms with Gasteiger partial charge in [-0.1, -0.05) is 26.0 Å². The lowest BCUT2D eigenvalue weighted by Crippen LogP contribution is -2.11. The minimum atomic E-state index is 0.151. The van der Waals surface area contributed by atoms with Gasteiger partial charge in [-0.2, -0.15) is 0 Å². The molecule has 0 aliphatic heterocycles. The highest BCUT2D eigenvalue weighted by Gasteiger charge is 2.06. The molecule has 0 aliphatic rings. The first kappa shape index (κ1) is 13.0. The predicted molar refractivity (Wildman–Crippen MR) is 68.6 cm³/mol. The summed E-state index contributed by atoms with van der Waals surface area (Å²) >= 11 is 0. The van der Waals surface area contributed by atoms with Gasteiger partial charge in [0.1, 0.15) is 5.75 Å². The Morgan fingerprint density at radius 2 is 1.75 bits per heavy atom. The highest BCUT2D eigenvalue weighted by molar-refractivity contribution is 5.28. The van der Waals surface area contributed by atoms with E-state index in [1.54, 1.807) is 0 Å². The topological polar surface area (TPSA) is 35.2 Å². The fourth-order valence-electron chi connectivity index (χ4n) is 1.66. The molecule has 1 atom stereocenters. The van der Waals surface area contributed by atoms with Gasteiger partial charge in [0.05, 0.1) is 6.61 Å². The SMILES string of the molecule is CCOc1ccc([C@@H](N)CCC(C)C)cc1. The zero-order valence-electron chi connectivity index (χ0n) is 10.6. The van der Waals surface area contributed by atoms with Crippen molar-refractivity contribution in [1.82, 2.24) is 0 Å². The Morgan fingerprint density at radius 3 is 2.25 bits per heavy atom. The van der Waals surface area contributed by atoms with Gasteiger partial charge >= 0.3 is 0 Å². The molecule has 0 unspecified atom stereocenters. The van der Waals surface area contributed by atoms with Gasteiger partial charge in [-0.05, 0) is 43.4 Å². The van der Waals surface area contributed by atoms with Gasteiger partial charge in [0.25, 0.3) is 0 Å². The standard InChI is InChI=1S/C14H23NO/c1-4-16-13-8-6-12(7-9-13)14(15)10-5-11(2)3/h6-9,11,14H,4-5,10,15H2,1-3H3/t14-/m0/s1. The van der Waals surface area contributed by atoms with Gasteiger partial charge in [0.2, 0.25) is 0 Å². The maximum Gasteiger partial charge on any atom is 0.119 e. The van der Waals surface area contributed by atoms with E-state index in [0.29, 0.717) is 12.5 Å². The van der Waals surface area contributed by atoms with E-state index >= 15 is 0 Å². The molecule has 0 aliphatic carbocycles. The van der Waals surface area contributed by atoms with E-state index in [9.17, 15) is 0 Å². The highest BCUT2D eigenvalue weighted by atomic mass is 16.5. The zero-order valence-corrected chi connectivity index (χ0v) is 10.6. The molecule has 1 aromatic carbocycles. The van der Waals surface area contributed by atoms with E-state index in [1.807, 2.05) is 19.1 Å². The molecule has 0 saturated carbocycles. The van der Waals surface area contributed by atoms with Crippen LogP contribution < -0.4 is 10.5 Å². The van der Waals surface area contributed by atoms with Crippen molar-refractivity contribution in [2.45, 2.75) is 39.7 Å². The van der Waals surface area contributed by atoms with Crippen molar-refractivity contribution in [3.63, 3.8) is 0 Å². The van der Waals surface area contributed by atoms with Crippen LogP contribution in [0.25, 0.3) is 0 Å². The Balaban J connectivity index is 2.52. The molecule has 0 spiro atoms. The normalized spacial score (nSPS) is 12.8. The number of ether oxygens (including phenoxy) is 1. The van der Waals surface area contributed by atoms with Gasteiger partial charge in [-0.25, -0.2) is 0 Å². The molecule has 1 aromatic rings. The minimum Gasteiger partial charge on any atom is -0.494 e. The van der Waals surface area contributed by atoms with E-state index in [1.165, 1.54) is 12.0 Å². The average molecular weight is 221 g/mol. The number of rotatable bonds is 6. The molecule has 2 nitrogen and oxygen atoms in total. The van der Waals surface area contributed by atoms with Crippen LogP contribution in [0.2, 0.25) is 0 Å². The third kappa shape index (κ3) is 4.23. The van der Waals surface area contributed by atoms with E-state index in [-0.39, 0.29) is 6.04 Å². The van der Waals surface area contributed by atoms with E-state index in [2.05, 4.69) is 26.0 Å². The quantitative estimate of drug-likeness (QED) is 0.797. The fraction of sp³-hybridized carbons (Fsp3) is 0.571. The number of nitrogens with two attached hydrogens (primary N) is 1. The second kappa shape index (κ2) is 6.54. The molecule has 0 aromatic heterocycles. The highest BCUT2D eigenvalue weighted by Crippen LogP contribution is 2.21. The van der Waals surface area contributed by atoms with E-state index in [0.717, 1.165) is 12.2 Å². The summed E-state index contributed by atoms with van der Waals surface area (Å²) in [5, 5.41) is 0. The summed E-state index contributed by atoms with van der Waals surface area (Å²) < 4.78 is 5.40. The van der Waals surface area contributed by atoms with Gasteiger partial charge in [0.15, 0.2) is 0 Å². The Morgan fingerprint density at radius 1 is 1.12 bits per heavy atom. The van der Waals surface area contributed by atoms with Crippen LogP contribution >= 0.6 is 0 Å². The summed E-state index contributed by atoms with van der Waals surface area (Å²) in [4.78, 5) is 0. The molecule has 2 heteroatoms. The van der Waals surface area contributed by atoms with Crippen molar-refractivity contribution in [2.24, 2.45) is 11.7 Å². The molecular formula is C14H23NO. The van der Waals surface area contributed by atoms with E-state index in [4.69, 9.17) is 10.5 Å². The lowest BCUT2D eigenvalue weighted by Gasteiger charge is -2.14. The van der Waals surface area contributed by atoms with Crippen LogP contribution in [0.4, 0.5) is 0 Å². The first-order chi connectivity index (χ1) is 7.63. The van der Waals surface area contributed by atoms with Crippen LogP contribution in [0.15, 0.2) is 24.3 Å². The predicted octanol–water partition coefficient (Wildman–Crippen LogP) is 3.52. The summed E-state index contributed by atoms with van der Waals surface area (Å²) in [5.41, 5.74) is 7.32. The van der Waals surface area contributed by atoms with Crippen molar-refractivity contribution in [1.29, 1.82) is 0 Å². The number of hydrogen-bond donors (Lipinski definition) is 1.